The number of amides is 1. The van der Waals surface area contributed by atoms with Gasteiger partial charge in [-0.3, -0.25) is 0 Å². The van der Waals surface area contributed by atoms with E-state index in [1.54, 1.807) is 0 Å². The number of thioether (sulfide) groups is 1. The smallest absolute Gasteiger partial charge is 0.410 e. The summed E-state index contributed by atoms with van der Waals surface area (Å²) in [6.45, 7) is 2.98. The SMILES string of the molecule is O=C(OC1CCOCC1)N1CCSC(c2cccs2)CC1. The lowest BCUT2D eigenvalue weighted by Crippen LogP contribution is -2.37. The van der Waals surface area contributed by atoms with E-state index in [9.17, 15) is 4.79 Å². The lowest BCUT2D eigenvalue weighted by molar-refractivity contribution is -0.00961. The molecule has 116 valence electrons. The highest BCUT2D eigenvalue weighted by molar-refractivity contribution is 7.99. The van der Waals surface area contributed by atoms with E-state index >= 15 is 0 Å². The van der Waals surface area contributed by atoms with Gasteiger partial charge in [0.15, 0.2) is 0 Å². The van der Waals surface area contributed by atoms with Crippen molar-refractivity contribution in [3.05, 3.63) is 22.4 Å². The zero-order valence-corrected chi connectivity index (χ0v) is 13.7. The van der Waals surface area contributed by atoms with Crippen LogP contribution in [0.5, 0.6) is 0 Å². The van der Waals surface area contributed by atoms with Crippen molar-refractivity contribution in [3.8, 4) is 0 Å². The Morgan fingerprint density at radius 1 is 1.29 bits per heavy atom. The third-order valence-electron chi connectivity index (χ3n) is 3.90. The molecule has 1 amide bonds. The molecule has 0 N–H and O–H groups in total. The molecule has 0 radical (unpaired) electrons. The van der Waals surface area contributed by atoms with Crippen molar-refractivity contribution in [2.24, 2.45) is 0 Å². The highest BCUT2D eigenvalue weighted by Crippen LogP contribution is 2.36. The van der Waals surface area contributed by atoms with Crippen molar-refractivity contribution in [3.63, 3.8) is 0 Å². The van der Waals surface area contributed by atoms with Crippen LogP contribution in [0.15, 0.2) is 17.5 Å². The normalized spacial score (nSPS) is 24.6. The average Bonchev–Trinajstić information content (AvgIpc) is 2.93. The first kappa shape index (κ1) is 15.2. The zero-order valence-electron chi connectivity index (χ0n) is 12.0. The van der Waals surface area contributed by atoms with Crippen LogP contribution in [0.3, 0.4) is 0 Å². The van der Waals surface area contributed by atoms with Crippen LogP contribution in [-0.2, 0) is 9.47 Å². The predicted octanol–water partition coefficient (Wildman–Crippen LogP) is 3.54. The van der Waals surface area contributed by atoms with Crippen molar-refractivity contribution in [1.82, 2.24) is 4.90 Å². The van der Waals surface area contributed by atoms with Gasteiger partial charge in [0, 0.05) is 41.8 Å². The fraction of sp³-hybridized carbons (Fsp3) is 0.667. The van der Waals surface area contributed by atoms with Crippen LogP contribution in [0.25, 0.3) is 0 Å². The van der Waals surface area contributed by atoms with Crippen molar-refractivity contribution in [2.75, 3.05) is 32.1 Å². The minimum atomic E-state index is -0.144. The van der Waals surface area contributed by atoms with E-state index in [0.29, 0.717) is 18.5 Å². The zero-order chi connectivity index (χ0) is 14.5. The molecule has 2 fully saturated rings. The first-order valence-electron chi connectivity index (χ1n) is 7.51. The van der Waals surface area contributed by atoms with E-state index in [0.717, 1.165) is 38.1 Å². The van der Waals surface area contributed by atoms with Crippen molar-refractivity contribution in [1.29, 1.82) is 0 Å². The molecule has 1 atom stereocenters. The Morgan fingerprint density at radius 3 is 2.90 bits per heavy atom. The maximum Gasteiger partial charge on any atom is 0.410 e. The second kappa shape index (κ2) is 7.51. The molecular weight excluding hydrogens is 306 g/mol. The maximum absolute atomic E-state index is 12.3. The molecule has 0 bridgehead atoms. The van der Waals surface area contributed by atoms with E-state index in [2.05, 4.69) is 17.5 Å². The first-order valence-corrected chi connectivity index (χ1v) is 9.44. The monoisotopic (exact) mass is 327 g/mol. The van der Waals surface area contributed by atoms with Crippen LogP contribution in [0.4, 0.5) is 4.79 Å². The van der Waals surface area contributed by atoms with Gasteiger partial charge in [-0.1, -0.05) is 6.07 Å². The molecule has 0 spiro atoms. The number of nitrogens with zero attached hydrogens (tertiary/aromatic N) is 1. The minimum Gasteiger partial charge on any atom is -0.446 e. The van der Waals surface area contributed by atoms with Gasteiger partial charge in [-0.15, -0.1) is 11.3 Å². The standard InChI is InChI=1S/C15H21NO3S2/c17-15(19-12-4-8-18-9-5-12)16-6-3-14(21-11-7-16)13-2-1-10-20-13/h1-2,10,12,14H,3-9,11H2. The second-order valence-corrected chi connectivity index (χ2v) is 7.64. The summed E-state index contributed by atoms with van der Waals surface area (Å²) < 4.78 is 10.9. The lowest BCUT2D eigenvalue weighted by atomic mass is 10.2. The largest absolute Gasteiger partial charge is 0.446 e. The van der Waals surface area contributed by atoms with Gasteiger partial charge in [0.1, 0.15) is 6.10 Å². The maximum atomic E-state index is 12.3. The van der Waals surface area contributed by atoms with Crippen LogP contribution >= 0.6 is 23.1 Å². The fourth-order valence-electron chi connectivity index (χ4n) is 2.67. The molecular formula is C15H21NO3S2. The summed E-state index contributed by atoms with van der Waals surface area (Å²) in [6.07, 6.45) is 2.55. The lowest BCUT2D eigenvalue weighted by Gasteiger charge is -2.26. The minimum absolute atomic E-state index is 0.0373. The molecule has 1 unspecified atom stereocenters. The number of hydrogen-bond donors (Lipinski definition) is 0. The summed E-state index contributed by atoms with van der Waals surface area (Å²) in [5.41, 5.74) is 0. The van der Waals surface area contributed by atoms with Gasteiger partial charge in [-0.2, -0.15) is 11.8 Å². The molecule has 0 saturated carbocycles. The van der Waals surface area contributed by atoms with Gasteiger partial charge in [0.05, 0.1) is 13.2 Å². The average molecular weight is 327 g/mol. The Morgan fingerprint density at radius 2 is 2.14 bits per heavy atom. The van der Waals surface area contributed by atoms with E-state index in [4.69, 9.17) is 9.47 Å². The number of ether oxygens (including phenoxy) is 2. The van der Waals surface area contributed by atoms with E-state index in [-0.39, 0.29) is 12.2 Å². The van der Waals surface area contributed by atoms with Gasteiger partial charge in [0.2, 0.25) is 0 Å². The molecule has 0 aliphatic carbocycles. The van der Waals surface area contributed by atoms with E-state index in [1.165, 1.54) is 4.88 Å². The summed E-state index contributed by atoms with van der Waals surface area (Å²) in [7, 11) is 0. The van der Waals surface area contributed by atoms with Crippen LogP contribution in [0, 0.1) is 0 Å². The molecule has 4 nitrogen and oxygen atoms in total. The third kappa shape index (κ3) is 4.14. The Bertz CT molecular complexity index is 446. The number of carbonyl (C=O) groups is 1. The van der Waals surface area contributed by atoms with Crippen molar-refractivity contribution < 1.29 is 14.3 Å². The predicted molar refractivity (Wildman–Crippen MR) is 86.0 cm³/mol. The highest BCUT2D eigenvalue weighted by Gasteiger charge is 2.26. The number of thiophene rings is 1. The summed E-state index contributed by atoms with van der Waals surface area (Å²) >= 11 is 3.76. The Balaban J connectivity index is 1.51. The van der Waals surface area contributed by atoms with Crippen molar-refractivity contribution >= 4 is 29.2 Å². The molecule has 6 heteroatoms. The summed E-state index contributed by atoms with van der Waals surface area (Å²) in [5.74, 6) is 0.978. The molecule has 2 saturated heterocycles. The number of carbonyl (C=O) groups excluding carboxylic acids is 1. The van der Waals surface area contributed by atoms with Gasteiger partial charge in [-0.05, 0) is 17.9 Å². The molecule has 2 aliphatic heterocycles. The molecule has 21 heavy (non-hydrogen) atoms. The quantitative estimate of drug-likeness (QED) is 0.833. The number of rotatable bonds is 2. The summed E-state index contributed by atoms with van der Waals surface area (Å²) in [6, 6.07) is 4.29. The van der Waals surface area contributed by atoms with Gasteiger partial charge < -0.3 is 14.4 Å². The molecule has 0 aromatic carbocycles. The van der Waals surface area contributed by atoms with Gasteiger partial charge >= 0.3 is 6.09 Å². The van der Waals surface area contributed by atoms with Crippen LogP contribution < -0.4 is 0 Å². The van der Waals surface area contributed by atoms with E-state index < -0.39 is 0 Å². The molecule has 1 aromatic heterocycles. The van der Waals surface area contributed by atoms with Crippen LogP contribution in [-0.4, -0.2) is 49.2 Å². The molecule has 3 heterocycles. The van der Waals surface area contributed by atoms with Gasteiger partial charge in [0.25, 0.3) is 0 Å². The molecule has 3 rings (SSSR count). The fourth-order valence-corrected chi connectivity index (χ4v) is 4.90. The van der Waals surface area contributed by atoms with Crippen molar-refractivity contribution in [2.45, 2.75) is 30.6 Å². The molecule has 2 aliphatic rings. The third-order valence-corrected chi connectivity index (χ3v) is 6.34. The number of hydrogen-bond acceptors (Lipinski definition) is 5. The summed E-state index contributed by atoms with van der Waals surface area (Å²) in [5, 5.41) is 2.64. The Hall–Kier alpha value is -0.720. The first-order chi connectivity index (χ1) is 10.3. The molecule has 1 aromatic rings. The van der Waals surface area contributed by atoms with Gasteiger partial charge in [-0.25, -0.2) is 4.79 Å². The highest BCUT2D eigenvalue weighted by atomic mass is 32.2. The van der Waals surface area contributed by atoms with E-state index in [1.807, 2.05) is 28.0 Å². The van der Waals surface area contributed by atoms with Crippen LogP contribution in [0.1, 0.15) is 29.4 Å². The second-order valence-electron chi connectivity index (χ2n) is 5.35. The summed E-state index contributed by atoms with van der Waals surface area (Å²) in [4.78, 5) is 15.6. The Labute approximate surface area is 133 Å². The van der Waals surface area contributed by atoms with Crippen LogP contribution in [0.2, 0.25) is 0 Å². The Kier molecular flexibility index (Phi) is 5.43. The topological polar surface area (TPSA) is 38.8 Å².